The second-order valence-electron chi connectivity index (χ2n) is 12.3. The first-order valence-electron chi connectivity index (χ1n) is 17.2. The summed E-state index contributed by atoms with van der Waals surface area (Å²) in [5, 5.41) is 15.1. The van der Waals surface area contributed by atoms with Gasteiger partial charge in [-0.1, -0.05) is 55.4 Å². The van der Waals surface area contributed by atoms with E-state index in [0.717, 1.165) is 64.2 Å². The number of aliphatic hydroxyl groups is 1. The molecule has 10 heteroatoms. The lowest BCUT2D eigenvalue weighted by Crippen LogP contribution is -2.32. The Balaban J connectivity index is 1.94. The zero-order valence-electron chi connectivity index (χ0n) is 29.1. The second-order valence-corrected chi connectivity index (χ2v) is 12.3. The molecule has 0 aromatic heterocycles. The quantitative estimate of drug-likeness (QED) is 0.240. The highest BCUT2D eigenvalue weighted by atomic mass is 19.4. The van der Waals surface area contributed by atoms with Crippen molar-refractivity contribution in [3.63, 3.8) is 0 Å². The third-order valence-corrected chi connectivity index (χ3v) is 10.1. The summed E-state index contributed by atoms with van der Waals surface area (Å²) in [6.07, 6.45) is 4.95. The maximum absolute atomic E-state index is 13.9. The van der Waals surface area contributed by atoms with Crippen molar-refractivity contribution in [1.82, 2.24) is 5.32 Å². The van der Waals surface area contributed by atoms with Gasteiger partial charge >= 0.3 is 12.1 Å². The molecule has 5 aliphatic heterocycles. The number of hydrogen-bond donors (Lipinski definition) is 2. The van der Waals surface area contributed by atoms with Crippen molar-refractivity contribution >= 4 is 23.1 Å². The third-order valence-electron chi connectivity index (χ3n) is 10.1. The van der Waals surface area contributed by atoms with E-state index >= 15 is 0 Å². The predicted octanol–water partition coefficient (Wildman–Crippen LogP) is 9.86. The number of aliphatic hydroxyl groups excluding tert-OH is 1. The molecule has 0 amide bonds. The minimum absolute atomic E-state index is 0.0455. The van der Waals surface area contributed by atoms with Crippen LogP contribution in [0.25, 0.3) is 0 Å². The Morgan fingerprint density at radius 1 is 0.708 bits per heavy atom. The maximum atomic E-state index is 13.9. The Morgan fingerprint density at radius 3 is 1.58 bits per heavy atom. The maximum Gasteiger partial charge on any atom is 0.491 e. The molecule has 0 atom stereocenters. The number of halogens is 3. The molecule has 48 heavy (non-hydrogen) atoms. The van der Waals surface area contributed by atoms with Crippen molar-refractivity contribution in [3.05, 3.63) is 91.7 Å². The second kappa shape index (κ2) is 13.4. The number of rotatable bonds is 9. The van der Waals surface area contributed by atoms with Crippen LogP contribution in [-0.4, -0.2) is 34.4 Å². The van der Waals surface area contributed by atoms with Crippen LogP contribution in [0.3, 0.4) is 0 Å². The number of ether oxygens (including phenoxy) is 1. The number of nitrogens with zero attached hydrogens (tertiary/aromatic N) is 3. The first kappa shape index (κ1) is 35.1. The zero-order chi connectivity index (χ0) is 35.1. The number of aliphatic imine (C=N–C) groups is 3. The van der Waals surface area contributed by atoms with Crippen molar-refractivity contribution in [2.24, 2.45) is 20.4 Å². The van der Waals surface area contributed by atoms with Gasteiger partial charge in [0.25, 0.3) is 0 Å². The number of nitrogens with one attached hydrogen (secondary N) is 1. The Morgan fingerprint density at radius 2 is 1.15 bits per heavy atom. The van der Waals surface area contributed by atoms with Gasteiger partial charge in [0.05, 0.1) is 45.3 Å². The van der Waals surface area contributed by atoms with Gasteiger partial charge in [-0.05, 0) is 103 Å². The van der Waals surface area contributed by atoms with Gasteiger partial charge in [-0.15, -0.1) is 0 Å². The van der Waals surface area contributed by atoms with Gasteiger partial charge in [0.15, 0.2) is 5.76 Å². The molecule has 0 aromatic rings. The average molecular weight is 663 g/mol. The van der Waals surface area contributed by atoms with E-state index < -0.39 is 17.6 Å². The van der Waals surface area contributed by atoms with Crippen molar-refractivity contribution in [3.8, 4) is 0 Å². The SMILES string of the molecule is CCC1=C(CC)C2=NC1=CC1=C(O)C(CC)(CC)C(=C(OC(=O)C(F)(F)F)C3=NC(=CC4=NC(=C2)C(CC)=C4CC)C(CC)=C3CC)N1. The summed E-state index contributed by atoms with van der Waals surface area (Å²) in [6.45, 7) is 15.9. The third kappa shape index (κ3) is 5.56. The summed E-state index contributed by atoms with van der Waals surface area (Å²) in [6, 6.07) is 0. The lowest BCUT2D eigenvalue weighted by Gasteiger charge is -2.30. The number of alkyl halides is 3. The molecule has 0 spiro atoms. The van der Waals surface area contributed by atoms with Gasteiger partial charge in [-0.25, -0.2) is 19.8 Å². The number of allylic oxidation sites excluding steroid dienone is 9. The van der Waals surface area contributed by atoms with E-state index in [1.54, 1.807) is 6.08 Å². The molecule has 256 valence electrons. The summed E-state index contributed by atoms with van der Waals surface area (Å²) >= 11 is 0. The van der Waals surface area contributed by atoms with E-state index in [2.05, 4.69) is 39.1 Å². The molecule has 0 unspecified atom stereocenters. The molecule has 0 aliphatic carbocycles. The number of fused-ring (bicyclic) bond motifs is 5. The van der Waals surface area contributed by atoms with E-state index in [1.165, 1.54) is 0 Å². The first-order valence-corrected chi connectivity index (χ1v) is 17.2. The van der Waals surface area contributed by atoms with Crippen LogP contribution in [-0.2, 0) is 9.53 Å². The van der Waals surface area contributed by atoms with Crippen LogP contribution in [0.15, 0.2) is 107 Å². The van der Waals surface area contributed by atoms with Crippen molar-refractivity contribution in [1.29, 1.82) is 0 Å². The fourth-order valence-electron chi connectivity index (χ4n) is 7.61. The van der Waals surface area contributed by atoms with Gasteiger partial charge in [0.2, 0.25) is 0 Å². The first-order chi connectivity index (χ1) is 22.9. The Bertz CT molecular complexity index is 1800. The van der Waals surface area contributed by atoms with Gasteiger partial charge in [-0.3, -0.25) is 0 Å². The van der Waals surface area contributed by atoms with Crippen LogP contribution in [0.2, 0.25) is 0 Å². The lowest BCUT2D eigenvalue weighted by atomic mass is 9.77. The largest absolute Gasteiger partial charge is 0.509 e. The molecule has 0 saturated carbocycles. The van der Waals surface area contributed by atoms with Gasteiger partial charge in [0, 0.05) is 0 Å². The summed E-state index contributed by atoms with van der Waals surface area (Å²) in [5.74, 6) is -2.73. The van der Waals surface area contributed by atoms with Crippen LogP contribution in [0.1, 0.15) is 107 Å². The summed E-state index contributed by atoms with van der Waals surface area (Å²) in [5.41, 5.74) is 8.86. The highest BCUT2D eigenvalue weighted by molar-refractivity contribution is 6.19. The minimum Gasteiger partial charge on any atom is -0.509 e. The Hall–Kier alpha value is -4.21. The van der Waals surface area contributed by atoms with Gasteiger partial charge in [0.1, 0.15) is 11.5 Å². The minimum atomic E-state index is -5.25. The summed E-state index contributed by atoms with van der Waals surface area (Å²) < 4.78 is 47.0. The molecule has 5 aliphatic rings. The molecule has 5 heterocycles. The topological polar surface area (TPSA) is 95.6 Å². The van der Waals surface area contributed by atoms with E-state index in [4.69, 9.17) is 19.7 Å². The van der Waals surface area contributed by atoms with E-state index in [1.807, 2.05) is 33.8 Å². The highest BCUT2D eigenvalue weighted by Crippen LogP contribution is 2.50. The normalized spacial score (nSPS) is 20.6. The van der Waals surface area contributed by atoms with E-state index in [-0.39, 0.29) is 22.9 Å². The molecule has 7 nitrogen and oxygen atoms in total. The van der Waals surface area contributed by atoms with E-state index in [0.29, 0.717) is 54.8 Å². The van der Waals surface area contributed by atoms with Crippen LogP contribution >= 0.6 is 0 Å². The highest BCUT2D eigenvalue weighted by Gasteiger charge is 2.49. The van der Waals surface area contributed by atoms with Crippen molar-refractivity contribution in [2.45, 2.75) is 113 Å². The predicted molar refractivity (Wildman–Crippen MR) is 184 cm³/mol. The monoisotopic (exact) mass is 662 g/mol. The van der Waals surface area contributed by atoms with E-state index in [9.17, 15) is 23.1 Å². The molecule has 0 radical (unpaired) electrons. The Kier molecular flexibility index (Phi) is 9.77. The number of carbonyl (C=O) groups excluding carboxylic acids is 1. The molecule has 0 saturated heterocycles. The average Bonchev–Trinajstić information content (AvgIpc) is 3.77. The molecule has 5 rings (SSSR count). The standard InChI is InChI=1S/C38H45F3N4O3/c1-9-20-21(10-2)28-18-30-24(13-5)25(14-6)32(44-30)33(48-36(47)38(39,40)41)34-37(15-7,16-8)35(46)31(45-34)19-29-23(12-4)22(11-3)27(43-29)17-26(20)42-28/h17-19,45-46H,9-16H2,1-8H3. The van der Waals surface area contributed by atoms with Crippen molar-refractivity contribution < 1.29 is 27.8 Å². The summed E-state index contributed by atoms with van der Waals surface area (Å²) in [4.78, 5) is 27.7. The van der Waals surface area contributed by atoms with Gasteiger partial charge in [-0.2, -0.15) is 13.2 Å². The molecule has 0 aromatic carbocycles. The molecule has 0 fully saturated rings. The fourth-order valence-corrected chi connectivity index (χ4v) is 7.61. The van der Waals surface area contributed by atoms with Crippen LogP contribution in [0.4, 0.5) is 13.2 Å². The van der Waals surface area contributed by atoms with Crippen LogP contribution in [0, 0.1) is 5.41 Å². The summed E-state index contributed by atoms with van der Waals surface area (Å²) in [7, 11) is 0. The molecular formula is C38H45F3N4O3. The number of esters is 1. The number of hydrogen-bond acceptors (Lipinski definition) is 7. The van der Waals surface area contributed by atoms with Gasteiger partial charge < -0.3 is 15.2 Å². The molecule has 8 bridgehead atoms. The Labute approximate surface area is 280 Å². The fraction of sp³-hybridized carbons (Fsp3) is 0.474. The zero-order valence-corrected chi connectivity index (χ0v) is 29.1. The van der Waals surface area contributed by atoms with Crippen LogP contribution < -0.4 is 5.32 Å². The molecular weight excluding hydrogens is 617 g/mol. The van der Waals surface area contributed by atoms with Crippen molar-refractivity contribution in [2.75, 3.05) is 0 Å². The number of carbonyl (C=O) groups is 1. The smallest absolute Gasteiger partial charge is 0.491 e. The molecule has 2 N–H and O–H groups in total. The lowest BCUT2D eigenvalue weighted by molar-refractivity contribution is -0.194. The van der Waals surface area contributed by atoms with Crippen LogP contribution in [0.5, 0.6) is 0 Å².